The van der Waals surface area contributed by atoms with Gasteiger partial charge in [0.15, 0.2) is 5.16 Å². The molecule has 8 fully saturated rings. The molecule has 0 aliphatic heterocycles. The molecule has 2 aromatic heterocycles. The number of aromatic nitrogens is 4. The van der Waals surface area contributed by atoms with Crippen LogP contribution in [0.1, 0.15) is 107 Å². The van der Waals surface area contributed by atoms with E-state index in [0.29, 0.717) is 30.6 Å². The summed E-state index contributed by atoms with van der Waals surface area (Å²) < 4.78 is 12.0. The lowest BCUT2D eigenvalue weighted by molar-refractivity contribution is -0.0209. The molecular formula is C35H50N6O2S. The molecule has 8 bridgehead atoms. The van der Waals surface area contributed by atoms with Crippen molar-refractivity contribution < 1.29 is 9.47 Å². The zero-order chi connectivity index (χ0) is 29.7. The van der Waals surface area contributed by atoms with E-state index < -0.39 is 0 Å². The van der Waals surface area contributed by atoms with Crippen LogP contribution in [0.3, 0.4) is 0 Å². The lowest BCUT2D eigenvalue weighted by Crippen LogP contribution is -2.58. The summed E-state index contributed by atoms with van der Waals surface area (Å²) in [4.78, 5) is 19.0. The van der Waals surface area contributed by atoms with Gasteiger partial charge in [-0.15, -0.1) is 0 Å². The van der Waals surface area contributed by atoms with Crippen molar-refractivity contribution in [3.8, 4) is 11.9 Å². The molecule has 0 aromatic carbocycles. The third-order valence-corrected chi connectivity index (χ3v) is 13.1. The van der Waals surface area contributed by atoms with Crippen molar-refractivity contribution in [2.75, 3.05) is 12.9 Å². The van der Waals surface area contributed by atoms with Gasteiger partial charge >= 0.3 is 6.01 Å². The topological polar surface area (TPSA) is 94.1 Å². The predicted octanol–water partition coefficient (Wildman–Crippen LogP) is 6.47. The Morgan fingerprint density at radius 1 is 0.750 bits per heavy atom. The average molecular weight is 619 g/mol. The lowest BCUT2D eigenvalue weighted by atomic mass is 9.53. The molecule has 0 spiro atoms. The highest BCUT2D eigenvalue weighted by Crippen LogP contribution is 2.56. The minimum Gasteiger partial charge on any atom is -0.471 e. The van der Waals surface area contributed by atoms with Crippen LogP contribution in [-0.2, 0) is 19.7 Å². The summed E-state index contributed by atoms with van der Waals surface area (Å²) in [7, 11) is 1.61. The molecule has 0 unspecified atom stereocenters. The van der Waals surface area contributed by atoms with Gasteiger partial charge in [0, 0.05) is 53.4 Å². The Balaban J connectivity index is 0.989. The lowest BCUT2D eigenvalue weighted by Gasteiger charge is -2.57. The van der Waals surface area contributed by atoms with Crippen molar-refractivity contribution in [2.45, 2.75) is 126 Å². The highest BCUT2D eigenvalue weighted by Gasteiger charge is 2.51. The molecular weight excluding hydrogens is 568 g/mol. The van der Waals surface area contributed by atoms with Gasteiger partial charge in [-0.3, -0.25) is 0 Å². The Hall–Kier alpha value is -1.97. The molecule has 2 heterocycles. The van der Waals surface area contributed by atoms with E-state index in [1.165, 1.54) is 77.0 Å². The molecule has 238 valence electrons. The second kappa shape index (κ2) is 12.0. The fourth-order valence-corrected chi connectivity index (χ4v) is 11.7. The first-order valence-corrected chi connectivity index (χ1v) is 18.5. The number of nitrogens with zero attached hydrogens (tertiary/aromatic N) is 4. The molecule has 8 saturated carbocycles. The fraction of sp³-hybridized carbons (Fsp3) is 0.771. The smallest absolute Gasteiger partial charge is 0.319 e. The van der Waals surface area contributed by atoms with E-state index in [-0.39, 0.29) is 5.54 Å². The van der Waals surface area contributed by atoms with E-state index in [2.05, 4.69) is 27.5 Å². The van der Waals surface area contributed by atoms with E-state index in [4.69, 9.17) is 19.4 Å². The van der Waals surface area contributed by atoms with Crippen LogP contribution in [-0.4, -0.2) is 43.9 Å². The maximum Gasteiger partial charge on any atom is 0.319 e. The van der Waals surface area contributed by atoms with Crippen molar-refractivity contribution in [1.29, 1.82) is 0 Å². The van der Waals surface area contributed by atoms with Crippen LogP contribution in [0.2, 0.25) is 0 Å². The first-order chi connectivity index (χ1) is 21.5. The van der Waals surface area contributed by atoms with E-state index >= 15 is 0 Å². The Labute approximate surface area is 267 Å². The summed E-state index contributed by atoms with van der Waals surface area (Å²) in [6.45, 7) is 4.05. The number of ether oxygens (including phenoxy) is 2. The normalized spacial score (nSPS) is 36.2. The van der Waals surface area contributed by atoms with Crippen molar-refractivity contribution in [2.24, 2.45) is 35.5 Å². The second-order valence-electron chi connectivity index (χ2n) is 15.6. The van der Waals surface area contributed by atoms with Crippen molar-refractivity contribution >= 4 is 11.8 Å². The average Bonchev–Trinajstić information content (AvgIpc) is 3.00. The fourth-order valence-electron chi connectivity index (χ4n) is 11.0. The van der Waals surface area contributed by atoms with Crippen molar-refractivity contribution in [1.82, 2.24) is 30.6 Å². The van der Waals surface area contributed by atoms with E-state index in [0.717, 1.165) is 76.2 Å². The zero-order valence-corrected chi connectivity index (χ0v) is 27.5. The quantitative estimate of drug-likeness (QED) is 0.193. The SMILES string of the molecule is CCCSc1ncc(CNC23CC4CC(CC(C4)C2)C3)c(COc2nc(OC)ncc2CNC23CC4CC(CC(C4)C2)C3)n1. The molecule has 44 heavy (non-hydrogen) atoms. The molecule has 0 radical (unpaired) electrons. The van der Waals surface area contributed by atoms with E-state index in [1.807, 2.05) is 12.4 Å². The van der Waals surface area contributed by atoms with Gasteiger partial charge in [0.25, 0.3) is 0 Å². The Morgan fingerprint density at radius 2 is 1.27 bits per heavy atom. The summed E-state index contributed by atoms with van der Waals surface area (Å²) in [6.07, 6.45) is 21.6. The minimum atomic E-state index is 0.264. The van der Waals surface area contributed by atoms with Gasteiger partial charge in [0.2, 0.25) is 5.88 Å². The van der Waals surface area contributed by atoms with Gasteiger partial charge in [0.1, 0.15) is 6.61 Å². The molecule has 0 amide bonds. The van der Waals surface area contributed by atoms with Gasteiger partial charge in [-0.2, -0.15) is 4.98 Å². The van der Waals surface area contributed by atoms with Gasteiger partial charge in [-0.25, -0.2) is 15.0 Å². The summed E-state index contributed by atoms with van der Waals surface area (Å²) in [5, 5.41) is 8.89. The molecule has 2 aromatic rings. The van der Waals surface area contributed by atoms with Crippen LogP contribution in [0.25, 0.3) is 0 Å². The van der Waals surface area contributed by atoms with Crippen LogP contribution in [0, 0.1) is 35.5 Å². The summed E-state index contributed by atoms with van der Waals surface area (Å²) in [5.74, 6) is 7.06. The summed E-state index contributed by atoms with van der Waals surface area (Å²) in [6, 6.07) is 0.337. The van der Waals surface area contributed by atoms with Gasteiger partial charge in [0.05, 0.1) is 12.8 Å². The number of rotatable bonds is 13. The number of methoxy groups -OCH3 is 1. The molecule has 2 N–H and O–H groups in total. The third-order valence-electron chi connectivity index (χ3n) is 12.1. The third kappa shape index (κ3) is 5.97. The standard InChI is InChI=1S/C35H50N6O2S/c1-3-4-44-33-37-17-28(19-38-34-11-22-5-23(12-34)7-24(6-22)13-34)30(40-33)21-43-31-29(18-36-32(41-31)42-2)20-39-35-14-25-8-26(15-35)10-27(9-25)16-35/h17-18,22-27,38-39H,3-16,19-21H2,1-2H3. The second-order valence-corrected chi connectivity index (χ2v) is 16.6. The van der Waals surface area contributed by atoms with Gasteiger partial charge < -0.3 is 20.1 Å². The molecule has 10 rings (SSSR count). The van der Waals surface area contributed by atoms with Crippen LogP contribution in [0.5, 0.6) is 11.9 Å². The first-order valence-electron chi connectivity index (χ1n) is 17.5. The maximum atomic E-state index is 6.53. The predicted molar refractivity (Wildman–Crippen MR) is 171 cm³/mol. The molecule has 8 aliphatic rings. The highest BCUT2D eigenvalue weighted by molar-refractivity contribution is 7.99. The largest absolute Gasteiger partial charge is 0.471 e. The number of thioether (sulfide) groups is 1. The monoisotopic (exact) mass is 618 g/mol. The summed E-state index contributed by atoms with van der Waals surface area (Å²) in [5.41, 5.74) is 3.63. The molecule has 8 aliphatic carbocycles. The Kier molecular flexibility index (Phi) is 8.02. The highest BCUT2D eigenvalue weighted by atomic mass is 32.2. The number of nitrogens with one attached hydrogen (secondary N) is 2. The zero-order valence-electron chi connectivity index (χ0n) is 26.7. The van der Waals surface area contributed by atoms with Crippen LogP contribution in [0.15, 0.2) is 17.6 Å². The number of hydrogen-bond acceptors (Lipinski definition) is 9. The van der Waals surface area contributed by atoms with E-state index in [1.54, 1.807) is 18.9 Å². The minimum absolute atomic E-state index is 0.264. The van der Waals surface area contributed by atoms with Crippen molar-refractivity contribution in [3.63, 3.8) is 0 Å². The first kappa shape index (κ1) is 29.4. The number of hydrogen-bond donors (Lipinski definition) is 2. The summed E-state index contributed by atoms with van der Waals surface area (Å²) >= 11 is 1.72. The molecule has 0 saturated heterocycles. The van der Waals surface area contributed by atoms with Crippen LogP contribution >= 0.6 is 11.8 Å². The maximum absolute atomic E-state index is 6.53. The van der Waals surface area contributed by atoms with Gasteiger partial charge in [-0.1, -0.05) is 18.7 Å². The molecule has 9 heteroatoms. The molecule has 8 nitrogen and oxygen atoms in total. The van der Waals surface area contributed by atoms with Gasteiger partial charge in [-0.05, 0) is 119 Å². The molecule has 0 atom stereocenters. The van der Waals surface area contributed by atoms with E-state index in [9.17, 15) is 0 Å². The Bertz CT molecular complexity index is 1280. The Morgan fingerprint density at radius 3 is 1.80 bits per heavy atom. The van der Waals surface area contributed by atoms with Crippen molar-refractivity contribution in [3.05, 3.63) is 29.2 Å². The van der Waals surface area contributed by atoms with Crippen LogP contribution in [0.4, 0.5) is 0 Å². The van der Waals surface area contributed by atoms with Crippen LogP contribution < -0.4 is 20.1 Å².